The maximum Gasteiger partial charge on any atom is 0.358 e. The van der Waals surface area contributed by atoms with Crippen LogP contribution in [0, 0.1) is 0 Å². The Morgan fingerprint density at radius 3 is 1.44 bits per heavy atom. The lowest BCUT2D eigenvalue weighted by Gasteiger charge is -2.13. The minimum Gasteiger partial charge on any atom is -0.177 e. The summed E-state index contributed by atoms with van der Waals surface area (Å²) in [7, 11) is -2.38. The predicted octanol–water partition coefficient (Wildman–Crippen LogP) is 2.35. The van der Waals surface area contributed by atoms with E-state index in [1.54, 1.807) is 13.8 Å². The molecular weight excluding hydrogens is 145 g/mol. The summed E-state index contributed by atoms with van der Waals surface area (Å²) < 4.78 is 35.3. The zero-order chi connectivity index (χ0) is 7.49. The Morgan fingerprint density at radius 1 is 1.11 bits per heavy atom. The Balaban J connectivity index is 3.79. The first-order valence-electron chi connectivity index (χ1n) is 3.09. The highest BCUT2D eigenvalue weighted by atomic mass is 28.3. The smallest absolute Gasteiger partial charge is 0.177 e. The lowest BCUT2D eigenvalue weighted by Crippen LogP contribution is -2.31. The fourth-order valence-corrected chi connectivity index (χ4v) is 2.25. The molecule has 0 spiro atoms. The molecule has 0 bridgehead atoms. The van der Waals surface area contributed by atoms with E-state index in [9.17, 15) is 13.2 Å². The molecule has 0 saturated heterocycles. The second kappa shape index (κ2) is 3.24. The summed E-state index contributed by atoms with van der Waals surface area (Å²) >= 11 is 0. The van der Waals surface area contributed by atoms with E-state index in [2.05, 4.69) is 0 Å². The zero-order valence-electron chi connectivity index (χ0n) is 5.63. The van der Waals surface area contributed by atoms with Gasteiger partial charge in [0.05, 0.1) is 0 Å². The van der Waals surface area contributed by atoms with Gasteiger partial charge in [-0.05, 0) is 0 Å². The van der Waals surface area contributed by atoms with Crippen molar-refractivity contribution in [2.75, 3.05) is 0 Å². The number of alkyl halides is 3. The number of rotatable bonds is 2. The molecule has 0 aliphatic heterocycles. The van der Waals surface area contributed by atoms with Crippen molar-refractivity contribution in [2.45, 2.75) is 31.7 Å². The van der Waals surface area contributed by atoms with Gasteiger partial charge in [-0.25, -0.2) is 0 Å². The Morgan fingerprint density at radius 2 is 1.44 bits per heavy atom. The second-order valence-corrected chi connectivity index (χ2v) is 5.74. The molecule has 4 heteroatoms. The summed E-state index contributed by atoms with van der Waals surface area (Å²) in [4.78, 5) is 0. The molecule has 0 aromatic rings. The highest BCUT2D eigenvalue weighted by Gasteiger charge is 2.37. The van der Waals surface area contributed by atoms with Crippen LogP contribution >= 0.6 is 0 Å². The topological polar surface area (TPSA) is 0 Å². The highest BCUT2D eigenvalue weighted by molar-refractivity contribution is 6.60. The van der Waals surface area contributed by atoms with Crippen LogP contribution in [0.4, 0.5) is 13.2 Å². The number of hydrogen-bond acceptors (Lipinski definition) is 0. The van der Waals surface area contributed by atoms with Gasteiger partial charge < -0.3 is 0 Å². The van der Waals surface area contributed by atoms with Crippen LogP contribution < -0.4 is 0 Å². The Kier molecular flexibility index (Phi) is 3.25. The summed E-state index contributed by atoms with van der Waals surface area (Å²) in [5.41, 5.74) is 0. The van der Waals surface area contributed by atoms with Crippen LogP contribution in [-0.4, -0.2) is 14.6 Å². The normalized spacial score (nSPS) is 12.7. The third-order valence-corrected chi connectivity index (χ3v) is 4.35. The van der Waals surface area contributed by atoms with Crippen molar-refractivity contribution >= 4 is 8.80 Å². The van der Waals surface area contributed by atoms with E-state index in [0.29, 0.717) is 12.1 Å². The van der Waals surface area contributed by atoms with E-state index in [1.165, 1.54) is 0 Å². The fourth-order valence-electron chi connectivity index (χ4n) is 0.752. The average molecular weight is 156 g/mol. The summed E-state index contributed by atoms with van der Waals surface area (Å²) in [5.74, 6) is -3.84. The maximum absolute atomic E-state index is 11.8. The SMILES string of the molecule is CC[SiH](CC)C(F)(F)F. The molecule has 0 saturated carbocycles. The molecule has 0 aliphatic carbocycles. The molecule has 0 aromatic carbocycles. The summed E-state index contributed by atoms with van der Waals surface area (Å²) in [6.45, 7) is 3.24. The monoisotopic (exact) mass is 156 g/mol. The van der Waals surface area contributed by atoms with Gasteiger partial charge in [-0.15, -0.1) is 0 Å². The molecule has 0 amide bonds. The van der Waals surface area contributed by atoms with Gasteiger partial charge in [0.1, 0.15) is 0 Å². The number of halogens is 3. The van der Waals surface area contributed by atoms with Crippen LogP contribution in [-0.2, 0) is 0 Å². The van der Waals surface area contributed by atoms with E-state index in [4.69, 9.17) is 0 Å². The molecule has 0 aliphatic rings. The van der Waals surface area contributed by atoms with Crippen molar-refractivity contribution in [1.82, 2.24) is 0 Å². The molecule has 0 radical (unpaired) electrons. The molecule has 56 valence electrons. The van der Waals surface area contributed by atoms with Gasteiger partial charge in [0.25, 0.3) is 0 Å². The van der Waals surface area contributed by atoms with Gasteiger partial charge in [0.2, 0.25) is 0 Å². The van der Waals surface area contributed by atoms with Crippen LogP contribution in [0.3, 0.4) is 0 Å². The number of hydrogen-bond donors (Lipinski definition) is 0. The van der Waals surface area contributed by atoms with Crippen LogP contribution in [0.1, 0.15) is 13.8 Å². The molecule has 0 unspecified atom stereocenters. The van der Waals surface area contributed by atoms with Crippen LogP contribution in [0.15, 0.2) is 0 Å². The van der Waals surface area contributed by atoms with Crippen molar-refractivity contribution in [2.24, 2.45) is 0 Å². The summed E-state index contributed by atoms with van der Waals surface area (Å²) in [6.07, 6.45) is 0. The van der Waals surface area contributed by atoms with Crippen LogP contribution in [0.25, 0.3) is 0 Å². The first kappa shape index (κ1) is 9.01. The molecule has 9 heavy (non-hydrogen) atoms. The standard InChI is InChI=1S/C5H11F3Si/c1-3-9(4-2)5(6,7)8/h9H,3-4H2,1-2H3. The van der Waals surface area contributed by atoms with E-state index >= 15 is 0 Å². The maximum atomic E-state index is 11.8. The van der Waals surface area contributed by atoms with Crippen molar-refractivity contribution < 1.29 is 13.2 Å². The first-order chi connectivity index (χ1) is 4.02. The van der Waals surface area contributed by atoms with Gasteiger partial charge in [0, 0.05) is 0 Å². The molecule has 0 heterocycles. The van der Waals surface area contributed by atoms with E-state index in [-0.39, 0.29) is 0 Å². The van der Waals surface area contributed by atoms with E-state index < -0.39 is 14.6 Å². The van der Waals surface area contributed by atoms with Gasteiger partial charge >= 0.3 is 5.80 Å². The first-order valence-corrected chi connectivity index (χ1v) is 5.30. The third kappa shape index (κ3) is 2.89. The second-order valence-electron chi connectivity index (χ2n) is 2.06. The van der Waals surface area contributed by atoms with E-state index in [1.807, 2.05) is 0 Å². The van der Waals surface area contributed by atoms with Crippen molar-refractivity contribution in [3.05, 3.63) is 0 Å². The Bertz CT molecular complexity index is 74.8. The molecule has 0 fully saturated rings. The predicted molar refractivity (Wildman–Crippen MR) is 34.2 cm³/mol. The fraction of sp³-hybridized carbons (Fsp3) is 1.00. The van der Waals surface area contributed by atoms with Gasteiger partial charge in [0.15, 0.2) is 8.80 Å². The van der Waals surface area contributed by atoms with Gasteiger partial charge in [-0.1, -0.05) is 25.9 Å². The van der Waals surface area contributed by atoms with Crippen LogP contribution in [0.5, 0.6) is 0 Å². The van der Waals surface area contributed by atoms with E-state index in [0.717, 1.165) is 0 Å². The minimum atomic E-state index is -3.84. The average Bonchev–Trinajstić information content (AvgIpc) is 1.65. The van der Waals surface area contributed by atoms with Gasteiger partial charge in [-0.3, -0.25) is 0 Å². The van der Waals surface area contributed by atoms with Gasteiger partial charge in [-0.2, -0.15) is 13.2 Å². The third-order valence-electron chi connectivity index (χ3n) is 1.45. The van der Waals surface area contributed by atoms with Crippen LogP contribution in [0.2, 0.25) is 12.1 Å². The van der Waals surface area contributed by atoms with Crippen molar-refractivity contribution in [3.63, 3.8) is 0 Å². The summed E-state index contributed by atoms with van der Waals surface area (Å²) in [6, 6.07) is 0.667. The molecule has 0 aromatic heterocycles. The Hall–Kier alpha value is 0.00688. The Labute approximate surface area is 54.7 Å². The quantitative estimate of drug-likeness (QED) is 0.538. The minimum absolute atomic E-state index is 0.333. The summed E-state index contributed by atoms with van der Waals surface area (Å²) in [5, 5.41) is 0. The molecule has 0 N–H and O–H groups in total. The molecule has 0 atom stereocenters. The lowest BCUT2D eigenvalue weighted by atomic mass is 10.9. The largest absolute Gasteiger partial charge is 0.358 e. The van der Waals surface area contributed by atoms with Crippen molar-refractivity contribution in [3.8, 4) is 0 Å². The van der Waals surface area contributed by atoms with Crippen molar-refractivity contribution in [1.29, 1.82) is 0 Å². The highest BCUT2D eigenvalue weighted by Crippen LogP contribution is 2.23. The zero-order valence-corrected chi connectivity index (χ0v) is 6.78. The molecule has 0 nitrogen and oxygen atoms in total. The molecule has 0 rings (SSSR count). The molecular formula is C5H11F3Si. The lowest BCUT2D eigenvalue weighted by molar-refractivity contribution is -0.0519.